The Hall–Kier alpha value is -1.16. The molecule has 0 aromatic carbocycles. The number of hydrogen-bond donors (Lipinski definition) is 0. The van der Waals surface area contributed by atoms with Crippen LogP contribution in [-0.4, -0.2) is 35.3 Å². The molecule has 2 rings (SSSR count). The lowest BCUT2D eigenvalue weighted by Gasteiger charge is -2.35. The molecule has 4 heteroatoms. The van der Waals surface area contributed by atoms with E-state index < -0.39 is 0 Å². The second-order valence-electron chi connectivity index (χ2n) is 5.10. The van der Waals surface area contributed by atoms with Crippen LogP contribution >= 0.6 is 0 Å². The number of nitrogens with zero attached hydrogens (tertiary/aromatic N) is 3. The third kappa shape index (κ3) is 2.94. The summed E-state index contributed by atoms with van der Waals surface area (Å²) in [5.74, 6) is 1.27. The van der Waals surface area contributed by atoms with Crippen molar-refractivity contribution in [2.24, 2.45) is 0 Å². The zero-order chi connectivity index (χ0) is 12.4. The monoisotopic (exact) mass is 235 g/mol. The third-order valence-electron chi connectivity index (χ3n) is 2.96. The Balaban J connectivity index is 2.18. The number of ether oxygens (including phenoxy) is 1. The van der Waals surface area contributed by atoms with E-state index in [4.69, 9.17) is 4.74 Å². The summed E-state index contributed by atoms with van der Waals surface area (Å²) in [4.78, 5) is 11.2. The second-order valence-corrected chi connectivity index (χ2v) is 5.10. The fraction of sp³-hybridized carbons (Fsp3) is 0.692. The van der Waals surface area contributed by atoms with E-state index in [-0.39, 0.29) is 12.2 Å². The molecule has 4 nitrogen and oxygen atoms in total. The van der Waals surface area contributed by atoms with Crippen LogP contribution in [0.1, 0.15) is 39.3 Å². The summed E-state index contributed by atoms with van der Waals surface area (Å²) in [6.45, 7) is 10.2. The maximum absolute atomic E-state index is 5.72. The van der Waals surface area contributed by atoms with E-state index in [1.807, 2.05) is 12.3 Å². The van der Waals surface area contributed by atoms with Gasteiger partial charge in [0.15, 0.2) is 0 Å². The van der Waals surface area contributed by atoms with Crippen molar-refractivity contribution in [1.29, 1.82) is 0 Å². The van der Waals surface area contributed by atoms with Gasteiger partial charge < -0.3 is 9.64 Å². The number of rotatable bonds is 2. The number of aromatic nitrogens is 2. The van der Waals surface area contributed by atoms with Crippen LogP contribution in [-0.2, 0) is 4.74 Å². The molecule has 1 aliphatic heterocycles. The molecule has 0 saturated carbocycles. The first kappa shape index (κ1) is 12.3. The number of morpholine rings is 1. The van der Waals surface area contributed by atoms with Gasteiger partial charge in [0.1, 0.15) is 0 Å². The third-order valence-corrected chi connectivity index (χ3v) is 2.96. The minimum Gasteiger partial charge on any atom is -0.372 e. The Kier molecular flexibility index (Phi) is 3.62. The Morgan fingerprint density at radius 3 is 2.53 bits per heavy atom. The van der Waals surface area contributed by atoms with Crippen molar-refractivity contribution in [3.8, 4) is 0 Å². The molecule has 1 aromatic rings. The van der Waals surface area contributed by atoms with E-state index in [2.05, 4.69) is 42.6 Å². The predicted molar refractivity (Wildman–Crippen MR) is 68.3 cm³/mol. The van der Waals surface area contributed by atoms with Crippen LogP contribution in [0.4, 0.5) is 5.95 Å². The van der Waals surface area contributed by atoms with Gasteiger partial charge in [0.25, 0.3) is 0 Å². The summed E-state index contributed by atoms with van der Waals surface area (Å²) < 4.78 is 5.72. The van der Waals surface area contributed by atoms with Crippen LogP contribution in [0.5, 0.6) is 0 Å². The normalized spacial score (nSPS) is 25.4. The number of hydrogen-bond acceptors (Lipinski definition) is 4. The lowest BCUT2D eigenvalue weighted by atomic mass is 10.1. The molecule has 0 N–H and O–H groups in total. The van der Waals surface area contributed by atoms with Gasteiger partial charge in [-0.25, -0.2) is 9.97 Å². The molecule has 0 unspecified atom stereocenters. The molecule has 2 atom stereocenters. The topological polar surface area (TPSA) is 38.2 Å². The Bertz CT molecular complexity index is 371. The first-order valence-corrected chi connectivity index (χ1v) is 6.29. The standard InChI is InChI=1S/C13H21N3O/c1-9(2)12-5-6-14-13(15-12)16-7-10(3)17-11(4)8-16/h5-6,9-11H,7-8H2,1-4H3/t10-,11+. The van der Waals surface area contributed by atoms with Crippen molar-refractivity contribution < 1.29 is 4.74 Å². The average Bonchev–Trinajstić information content (AvgIpc) is 2.28. The fourth-order valence-electron chi connectivity index (χ4n) is 2.18. The first-order valence-electron chi connectivity index (χ1n) is 6.29. The van der Waals surface area contributed by atoms with E-state index in [1.54, 1.807) is 0 Å². The van der Waals surface area contributed by atoms with Gasteiger partial charge in [-0.3, -0.25) is 0 Å². The van der Waals surface area contributed by atoms with E-state index in [0.29, 0.717) is 5.92 Å². The highest BCUT2D eigenvalue weighted by atomic mass is 16.5. The quantitative estimate of drug-likeness (QED) is 0.787. The van der Waals surface area contributed by atoms with Crippen molar-refractivity contribution in [3.63, 3.8) is 0 Å². The van der Waals surface area contributed by atoms with Crippen molar-refractivity contribution in [2.75, 3.05) is 18.0 Å². The Morgan fingerprint density at radius 2 is 1.94 bits per heavy atom. The van der Waals surface area contributed by atoms with Gasteiger partial charge in [0.2, 0.25) is 5.95 Å². The summed E-state index contributed by atoms with van der Waals surface area (Å²) >= 11 is 0. The lowest BCUT2D eigenvalue weighted by molar-refractivity contribution is -0.00573. The zero-order valence-electron chi connectivity index (χ0n) is 11.1. The highest BCUT2D eigenvalue weighted by molar-refractivity contribution is 5.32. The molecule has 1 saturated heterocycles. The minimum atomic E-state index is 0.241. The second kappa shape index (κ2) is 5.00. The lowest BCUT2D eigenvalue weighted by Crippen LogP contribution is -2.46. The van der Waals surface area contributed by atoms with Gasteiger partial charge >= 0.3 is 0 Å². The average molecular weight is 235 g/mol. The smallest absolute Gasteiger partial charge is 0.225 e. The van der Waals surface area contributed by atoms with Gasteiger partial charge in [-0.1, -0.05) is 13.8 Å². The van der Waals surface area contributed by atoms with Crippen LogP contribution < -0.4 is 4.90 Å². The van der Waals surface area contributed by atoms with Crippen LogP contribution in [0.3, 0.4) is 0 Å². The molecule has 1 aromatic heterocycles. The molecule has 1 fully saturated rings. The molecule has 94 valence electrons. The molecule has 0 aliphatic carbocycles. The molecule has 17 heavy (non-hydrogen) atoms. The van der Waals surface area contributed by atoms with Crippen molar-refractivity contribution >= 4 is 5.95 Å². The van der Waals surface area contributed by atoms with Gasteiger partial charge in [-0.2, -0.15) is 0 Å². The SMILES string of the molecule is CC(C)c1ccnc(N2C[C@@H](C)O[C@@H](C)C2)n1. The summed E-state index contributed by atoms with van der Waals surface area (Å²) in [6.07, 6.45) is 2.33. The maximum atomic E-state index is 5.72. The van der Waals surface area contributed by atoms with Gasteiger partial charge in [0, 0.05) is 25.0 Å². The fourth-order valence-corrected chi connectivity index (χ4v) is 2.18. The Morgan fingerprint density at radius 1 is 1.29 bits per heavy atom. The van der Waals surface area contributed by atoms with E-state index in [1.165, 1.54) is 0 Å². The predicted octanol–water partition coefficient (Wildman–Crippen LogP) is 2.21. The summed E-state index contributed by atoms with van der Waals surface area (Å²) in [7, 11) is 0. The van der Waals surface area contributed by atoms with E-state index in [9.17, 15) is 0 Å². The molecule has 0 spiro atoms. The van der Waals surface area contributed by atoms with Crippen LogP contribution in [0.2, 0.25) is 0 Å². The van der Waals surface area contributed by atoms with E-state index >= 15 is 0 Å². The van der Waals surface area contributed by atoms with E-state index in [0.717, 1.165) is 24.7 Å². The van der Waals surface area contributed by atoms with Crippen molar-refractivity contribution in [1.82, 2.24) is 9.97 Å². The van der Waals surface area contributed by atoms with Gasteiger partial charge in [0.05, 0.1) is 12.2 Å². The van der Waals surface area contributed by atoms with Crippen LogP contribution in [0.25, 0.3) is 0 Å². The maximum Gasteiger partial charge on any atom is 0.225 e. The first-order chi connectivity index (χ1) is 8.06. The van der Waals surface area contributed by atoms with Crippen molar-refractivity contribution in [3.05, 3.63) is 18.0 Å². The molecule has 1 aliphatic rings. The molecule has 0 bridgehead atoms. The Labute approximate surface area is 103 Å². The molecular formula is C13H21N3O. The largest absolute Gasteiger partial charge is 0.372 e. The van der Waals surface area contributed by atoms with Crippen molar-refractivity contribution in [2.45, 2.75) is 45.8 Å². The highest BCUT2D eigenvalue weighted by Crippen LogP contribution is 2.18. The zero-order valence-corrected chi connectivity index (χ0v) is 11.1. The summed E-state index contributed by atoms with van der Waals surface area (Å²) in [5.41, 5.74) is 1.10. The summed E-state index contributed by atoms with van der Waals surface area (Å²) in [5, 5.41) is 0. The van der Waals surface area contributed by atoms with Gasteiger partial charge in [-0.15, -0.1) is 0 Å². The van der Waals surface area contributed by atoms with Gasteiger partial charge in [-0.05, 0) is 25.8 Å². The number of anilines is 1. The molecule has 2 heterocycles. The van der Waals surface area contributed by atoms with Crippen LogP contribution in [0.15, 0.2) is 12.3 Å². The highest BCUT2D eigenvalue weighted by Gasteiger charge is 2.24. The molecule has 0 amide bonds. The minimum absolute atomic E-state index is 0.241. The van der Waals surface area contributed by atoms with Crippen LogP contribution in [0, 0.1) is 0 Å². The summed E-state index contributed by atoms with van der Waals surface area (Å²) in [6, 6.07) is 1.99. The molecule has 0 radical (unpaired) electrons. The molecular weight excluding hydrogens is 214 g/mol.